The summed E-state index contributed by atoms with van der Waals surface area (Å²) in [7, 11) is 1.35. The number of carbonyl (C=O) groups excluding carboxylic acids is 2. The Morgan fingerprint density at radius 3 is 2.35 bits per heavy atom. The van der Waals surface area contributed by atoms with Crippen molar-refractivity contribution in [2.45, 2.75) is 13.8 Å². The van der Waals surface area contributed by atoms with Gasteiger partial charge in [0.1, 0.15) is 5.75 Å². The molecular formula is C16H23N3O4. The number of ether oxygens (including phenoxy) is 2. The Kier molecular flexibility index (Phi) is 5.67. The van der Waals surface area contributed by atoms with E-state index in [-0.39, 0.29) is 18.9 Å². The van der Waals surface area contributed by atoms with Gasteiger partial charge in [0.25, 0.3) is 0 Å². The van der Waals surface area contributed by atoms with Crippen LogP contribution in [-0.2, 0) is 4.74 Å². The van der Waals surface area contributed by atoms with Gasteiger partial charge in [-0.05, 0) is 37.1 Å². The zero-order valence-electron chi connectivity index (χ0n) is 13.8. The van der Waals surface area contributed by atoms with Crippen LogP contribution in [0.15, 0.2) is 18.2 Å². The Morgan fingerprint density at radius 1 is 1.09 bits per heavy atom. The molecule has 0 spiro atoms. The van der Waals surface area contributed by atoms with E-state index in [2.05, 4.69) is 10.1 Å². The van der Waals surface area contributed by atoms with Gasteiger partial charge in [-0.2, -0.15) is 0 Å². The van der Waals surface area contributed by atoms with Gasteiger partial charge in [0.2, 0.25) is 0 Å². The summed E-state index contributed by atoms with van der Waals surface area (Å²) < 4.78 is 10.2. The quantitative estimate of drug-likeness (QED) is 0.861. The predicted octanol–water partition coefficient (Wildman–Crippen LogP) is 1.73. The van der Waals surface area contributed by atoms with Gasteiger partial charge in [0.05, 0.1) is 7.11 Å². The first-order valence-corrected chi connectivity index (χ1v) is 7.57. The molecule has 3 amide bonds. The average molecular weight is 321 g/mol. The Bertz CT molecular complexity index is 568. The standard InChI is InChI=1S/C16H23N3O4/c1-12-4-5-14(10-13(12)2)23-11-17-15(20)18-6-8-19(9-7-18)16(21)22-3/h4-5,10H,6-9,11H2,1-3H3,(H,17,20). The SMILES string of the molecule is COC(=O)N1CCN(C(=O)NCOc2ccc(C)c(C)c2)CC1. The van der Waals surface area contributed by atoms with E-state index in [1.165, 1.54) is 12.7 Å². The van der Waals surface area contributed by atoms with Gasteiger partial charge in [0.15, 0.2) is 6.73 Å². The molecular weight excluding hydrogens is 298 g/mol. The van der Waals surface area contributed by atoms with E-state index in [1.54, 1.807) is 9.80 Å². The fourth-order valence-corrected chi connectivity index (χ4v) is 2.32. The van der Waals surface area contributed by atoms with Gasteiger partial charge in [-0.3, -0.25) is 0 Å². The summed E-state index contributed by atoms with van der Waals surface area (Å²) in [6.07, 6.45) is -0.358. The number of aryl methyl sites for hydroxylation is 2. The lowest BCUT2D eigenvalue weighted by atomic mass is 10.1. The zero-order chi connectivity index (χ0) is 16.8. The highest BCUT2D eigenvalue weighted by Crippen LogP contribution is 2.16. The fourth-order valence-electron chi connectivity index (χ4n) is 2.32. The molecule has 0 aromatic heterocycles. The second kappa shape index (κ2) is 7.71. The van der Waals surface area contributed by atoms with Crippen LogP contribution in [0.2, 0.25) is 0 Å². The molecule has 1 aliphatic heterocycles. The highest BCUT2D eigenvalue weighted by Gasteiger charge is 2.24. The first-order chi connectivity index (χ1) is 11.0. The van der Waals surface area contributed by atoms with Crippen molar-refractivity contribution >= 4 is 12.1 Å². The highest BCUT2D eigenvalue weighted by atomic mass is 16.5. The predicted molar refractivity (Wildman–Crippen MR) is 85.5 cm³/mol. The fraction of sp³-hybridized carbons (Fsp3) is 0.500. The average Bonchev–Trinajstić information content (AvgIpc) is 2.57. The van der Waals surface area contributed by atoms with Crippen molar-refractivity contribution in [2.75, 3.05) is 40.0 Å². The van der Waals surface area contributed by atoms with E-state index < -0.39 is 0 Å². The zero-order valence-corrected chi connectivity index (χ0v) is 13.8. The molecule has 0 saturated carbocycles. The van der Waals surface area contributed by atoms with Gasteiger partial charge >= 0.3 is 12.1 Å². The Morgan fingerprint density at radius 2 is 1.74 bits per heavy atom. The van der Waals surface area contributed by atoms with Crippen LogP contribution < -0.4 is 10.1 Å². The van der Waals surface area contributed by atoms with Crippen molar-refractivity contribution in [2.24, 2.45) is 0 Å². The van der Waals surface area contributed by atoms with Crippen LogP contribution in [0.25, 0.3) is 0 Å². The molecule has 0 aliphatic carbocycles. The second-order valence-electron chi connectivity index (χ2n) is 5.46. The molecule has 7 heteroatoms. The topological polar surface area (TPSA) is 71.1 Å². The van der Waals surface area contributed by atoms with Gasteiger partial charge in [-0.15, -0.1) is 0 Å². The van der Waals surface area contributed by atoms with E-state index in [9.17, 15) is 9.59 Å². The lowest BCUT2D eigenvalue weighted by molar-refractivity contribution is 0.0958. The number of amides is 3. The molecule has 1 aliphatic rings. The van der Waals surface area contributed by atoms with Crippen LogP contribution in [0.3, 0.4) is 0 Å². The Balaban J connectivity index is 1.73. The van der Waals surface area contributed by atoms with E-state index >= 15 is 0 Å². The van der Waals surface area contributed by atoms with Crippen molar-refractivity contribution in [3.05, 3.63) is 29.3 Å². The summed E-state index contributed by atoms with van der Waals surface area (Å²) in [6, 6.07) is 5.61. The van der Waals surface area contributed by atoms with Crippen molar-refractivity contribution in [1.29, 1.82) is 0 Å². The molecule has 0 bridgehead atoms. The number of urea groups is 1. The maximum atomic E-state index is 12.1. The smallest absolute Gasteiger partial charge is 0.409 e. The molecule has 1 N–H and O–H groups in total. The van der Waals surface area contributed by atoms with Gasteiger partial charge in [-0.1, -0.05) is 6.07 Å². The van der Waals surface area contributed by atoms with Crippen LogP contribution in [0.1, 0.15) is 11.1 Å². The first-order valence-electron chi connectivity index (χ1n) is 7.57. The third-order valence-corrected chi connectivity index (χ3v) is 3.94. The van der Waals surface area contributed by atoms with Crippen molar-refractivity contribution in [1.82, 2.24) is 15.1 Å². The Labute approximate surface area is 136 Å². The molecule has 23 heavy (non-hydrogen) atoms. The Hall–Kier alpha value is -2.44. The van der Waals surface area contributed by atoms with Crippen LogP contribution in [0.5, 0.6) is 5.75 Å². The van der Waals surface area contributed by atoms with E-state index in [0.29, 0.717) is 26.2 Å². The van der Waals surface area contributed by atoms with Crippen molar-refractivity contribution < 1.29 is 19.1 Å². The first kappa shape index (κ1) is 16.9. The van der Waals surface area contributed by atoms with Crippen LogP contribution in [-0.4, -0.2) is 61.9 Å². The van der Waals surface area contributed by atoms with Gasteiger partial charge in [0, 0.05) is 26.2 Å². The van der Waals surface area contributed by atoms with Crippen molar-refractivity contribution in [3.63, 3.8) is 0 Å². The largest absolute Gasteiger partial charge is 0.473 e. The van der Waals surface area contributed by atoms with Crippen LogP contribution in [0, 0.1) is 13.8 Å². The molecule has 1 fully saturated rings. The number of hydrogen-bond donors (Lipinski definition) is 1. The van der Waals surface area contributed by atoms with E-state index in [4.69, 9.17) is 4.74 Å². The summed E-state index contributed by atoms with van der Waals surface area (Å²) in [4.78, 5) is 26.7. The number of rotatable bonds is 3. The lowest BCUT2D eigenvalue weighted by Crippen LogP contribution is -2.53. The monoisotopic (exact) mass is 321 g/mol. The molecule has 1 heterocycles. The molecule has 0 atom stereocenters. The maximum absolute atomic E-state index is 12.1. The molecule has 1 aromatic rings. The summed E-state index contributed by atoms with van der Waals surface area (Å²) in [5, 5.41) is 2.72. The molecule has 126 valence electrons. The third kappa shape index (κ3) is 4.51. The molecule has 1 aromatic carbocycles. The minimum Gasteiger partial charge on any atom is -0.473 e. The number of benzene rings is 1. The minimum atomic E-state index is -0.358. The summed E-state index contributed by atoms with van der Waals surface area (Å²) in [5.74, 6) is 0.726. The minimum absolute atomic E-state index is 0.110. The summed E-state index contributed by atoms with van der Waals surface area (Å²) >= 11 is 0. The molecule has 0 radical (unpaired) electrons. The maximum Gasteiger partial charge on any atom is 0.409 e. The number of nitrogens with zero attached hydrogens (tertiary/aromatic N) is 2. The molecule has 2 rings (SSSR count). The second-order valence-corrected chi connectivity index (χ2v) is 5.46. The van der Waals surface area contributed by atoms with Crippen LogP contribution in [0.4, 0.5) is 9.59 Å². The highest BCUT2D eigenvalue weighted by molar-refractivity contribution is 5.74. The van der Waals surface area contributed by atoms with E-state index in [1.807, 2.05) is 32.0 Å². The number of nitrogens with one attached hydrogen (secondary N) is 1. The van der Waals surface area contributed by atoms with Gasteiger partial charge in [-0.25, -0.2) is 9.59 Å². The lowest BCUT2D eigenvalue weighted by Gasteiger charge is -2.33. The molecule has 1 saturated heterocycles. The number of piperazine rings is 1. The number of carbonyl (C=O) groups is 2. The third-order valence-electron chi connectivity index (χ3n) is 3.94. The van der Waals surface area contributed by atoms with Crippen molar-refractivity contribution in [3.8, 4) is 5.75 Å². The molecule has 7 nitrogen and oxygen atoms in total. The molecule has 0 unspecified atom stereocenters. The summed E-state index contributed by atoms with van der Waals surface area (Å²) in [6.45, 7) is 6.06. The van der Waals surface area contributed by atoms with E-state index in [0.717, 1.165) is 11.3 Å². The normalized spacial score (nSPS) is 14.4. The number of hydrogen-bond acceptors (Lipinski definition) is 4. The van der Waals surface area contributed by atoms with Crippen LogP contribution >= 0.6 is 0 Å². The van der Waals surface area contributed by atoms with Gasteiger partial charge < -0.3 is 24.6 Å². The number of methoxy groups -OCH3 is 1. The summed E-state index contributed by atoms with van der Waals surface area (Å²) in [5.41, 5.74) is 2.35.